The van der Waals surface area contributed by atoms with Gasteiger partial charge in [0.15, 0.2) is 0 Å². The van der Waals surface area contributed by atoms with Gasteiger partial charge in [0.25, 0.3) is 5.91 Å². The second kappa shape index (κ2) is 8.23. The maximum Gasteiger partial charge on any atom is 0.329 e. The van der Waals surface area contributed by atoms with E-state index in [4.69, 9.17) is 16.7 Å². The molecule has 0 saturated heterocycles. The predicted molar refractivity (Wildman–Crippen MR) is 74.9 cm³/mol. The number of aliphatic carboxylic acids is 1. The summed E-state index contributed by atoms with van der Waals surface area (Å²) in [5.74, 6) is -1.89. The maximum absolute atomic E-state index is 11.7. The van der Waals surface area contributed by atoms with E-state index in [1.54, 1.807) is 24.3 Å². The van der Waals surface area contributed by atoms with Crippen molar-refractivity contribution < 1.29 is 24.2 Å². The van der Waals surface area contributed by atoms with Crippen molar-refractivity contribution in [2.24, 2.45) is 0 Å². The van der Waals surface area contributed by atoms with Crippen LogP contribution in [0.1, 0.15) is 5.56 Å². The average Bonchev–Trinajstić information content (AvgIpc) is 2.40. The number of ether oxygens (including phenoxy) is 1. The molecule has 0 unspecified atom stereocenters. The van der Waals surface area contributed by atoms with Crippen LogP contribution in [0, 0.1) is 0 Å². The molecule has 2 N–H and O–H groups in total. The predicted octanol–water partition coefficient (Wildman–Crippen LogP) is 1.11. The van der Waals surface area contributed by atoms with E-state index in [2.05, 4.69) is 10.1 Å². The molecule has 0 atom stereocenters. The minimum Gasteiger partial charge on any atom is -0.480 e. The largest absolute Gasteiger partial charge is 0.480 e. The van der Waals surface area contributed by atoms with Gasteiger partial charge in [-0.3, -0.25) is 10.1 Å². The van der Waals surface area contributed by atoms with Gasteiger partial charge in [0.1, 0.15) is 13.2 Å². The van der Waals surface area contributed by atoms with Crippen molar-refractivity contribution in [2.45, 2.75) is 6.54 Å². The Hall–Kier alpha value is -2.12. The highest BCUT2D eigenvalue weighted by atomic mass is 35.5. The highest BCUT2D eigenvalue weighted by molar-refractivity contribution is 6.30. The van der Waals surface area contributed by atoms with Crippen LogP contribution in [0.2, 0.25) is 5.02 Å². The van der Waals surface area contributed by atoms with Crippen LogP contribution < -0.4 is 5.32 Å². The van der Waals surface area contributed by atoms with Crippen LogP contribution in [0.25, 0.3) is 0 Å². The Morgan fingerprint density at radius 1 is 1.24 bits per heavy atom. The second-order valence-corrected chi connectivity index (χ2v) is 4.66. The van der Waals surface area contributed by atoms with Gasteiger partial charge >= 0.3 is 12.0 Å². The SMILES string of the molecule is CN(Cc1ccc(Cl)cc1)C(=O)NC(=O)COCC(=O)O. The third-order valence-corrected chi connectivity index (χ3v) is 2.64. The van der Waals surface area contributed by atoms with Gasteiger partial charge in [-0.2, -0.15) is 0 Å². The Kier molecular flexibility index (Phi) is 6.64. The molecule has 1 aromatic rings. The van der Waals surface area contributed by atoms with Gasteiger partial charge in [0, 0.05) is 18.6 Å². The van der Waals surface area contributed by atoms with E-state index in [1.165, 1.54) is 11.9 Å². The lowest BCUT2D eigenvalue weighted by atomic mass is 10.2. The first kappa shape index (κ1) is 16.9. The maximum atomic E-state index is 11.7. The van der Waals surface area contributed by atoms with Gasteiger partial charge in [0.2, 0.25) is 0 Å². The number of imide groups is 1. The van der Waals surface area contributed by atoms with E-state index in [0.717, 1.165) is 5.56 Å². The Morgan fingerprint density at radius 2 is 1.86 bits per heavy atom. The summed E-state index contributed by atoms with van der Waals surface area (Å²) in [7, 11) is 1.52. The fourth-order valence-corrected chi connectivity index (χ4v) is 1.54. The van der Waals surface area contributed by atoms with Gasteiger partial charge in [-0.15, -0.1) is 0 Å². The standard InChI is InChI=1S/C13H15ClN2O5/c1-16(6-9-2-4-10(14)5-3-9)13(20)15-11(17)7-21-8-12(18)19/h2-5H,6-8H2,1H3,(H,18,19)(H,15,17,20). The number of rotatable bonds is 6. The van der Waals surface area contributed by atoms with Gasteiger partial charge in [-0.25, -0.2) is 9.59 Å². The topological polar surface area (TPSA) is 95.9 Å². The van der Waals surface area contributed by atoms with Crippen molar-refractivity contribution in [3.63, 3.8) is 0 Å². The van der Waals surface area contributed by atoms with Gasteiger partial charge in [-0.05, 0) is 17.7 Å². The lowest BCUT2D eigenvalue weighted by molar-refractivity contribution is -0.143. The minimum absolute atomic E-state index is 0.298. The number of nitrogens with zero attached hydrogens (tertiary/aromatic N) is 1. The zero-order chi connectivity index (χ0) is 15.8. The van der Waals surface area contributed by atoms with E-state index in [1.807, 2.05) is 0 Å². The molecule has 0 radical (unpaired) electrons. The summed E-state index contributed by atoms with van der Waals surface area (Å²) in [5, 5.41) is 11.0. The molecule has 114 valence electrons. The zero-order valence-corrected chi connectivity index (χ0v) is 12.1. The summed E-state index contributed by atoms with van der Waals surface area (Å²) >= 11 is 5.76. The summed E-state index contributed by atoms with van der Waals surface area (Å²) in [6.45, 7) is -0.790. The van der Waals surface area contributed by atoms with E-state index in [9.17, 15) is 14.4 Å². The molecule has 21 heavy (non-hydrogen) atoms. The van der Waals surface area contributed by atoms with Crippen molar-refractivity contribution in [1.29, 1.82) is 0 Å². The highest BCUT2D eigenvalue weighted by Gasteiger charge is 2.13. The number of benzene rings is 1. The number of hydrogen-bond acceptors (Lipinski definition) is 4. The lowest BCUT2D eigenvalue weighted by Gasteiger charge is -2.17. The quantitative estimate of drug-likeness (QED) is 0.820. The third-order valence-electron chi connectivity index (χ3n) is 2.38. The van der Waals surface area contributed by atoms with Crippen molar-refractivity contribution in [3.8, 4) is 0 Å². The molecule has 3 amide bonds. The number of urea groups is 1. The van der Waals surface area contributed by atoms with Gasteiger partial charge < -0.3 is 14.7 Å². The molecule has 0 aliphatic heterocycles. The summed E-state index contributed by atoms with van der Waals surface area (Å²) in [6, 6.07) is 6.34. The Morgan fingerprint density at radius 3 is 2.43 bits per heavy atom. The van der Waals surface area contributed by atoms with Crippen LogP contribution >= 0.6 is 11.6 Å². The number of nitrogens with one attached hydrogen (secondary N) is 1. The molecule has 8 heteroatoms. The summed E-state index contributed by atoms with van der Waals surface area (Å²) in [6.07, 6.45) is 0. The first-order chi connectivity index (χ1) is 9.88. The minimum atomic E-state index is -1.19. The summed E-state index contributed by atoms with van der Waals surface area (Å²) in [5.41, 5.74) is 0.853. The zero-order valence-electron chi connectivity index (χ0n) is 11.3. The normalized spacial score (nSPS) is 10.0. The fourth-order valence-electron chi connectivity index (χ4n) is 1.42. The van der Waals surface area contributed by atoms with Crippen molar-refractivity contribution in [2.75, 3.05) is 20.3 Å². The number of halogens is 1. The number of carbonyl (C=O) groups is 3. The molecule has 0 aromatic heterocycles. The molecule has 1 rings (SSSR count). The molecule has 0 spiro atoms. The second-order valence-electron chi connectivity index (χ2n) is 4.22. The van der Waals surface area contributed by atoms with Crippen molar-refractivity contribution >= 4 is 29.5 Å². The van der Waals surface area contributed by atoms with Gasteiger partial charge in [0.05, 0.1) is 0 Å². The number of carboxylic acids is 1. The first-order valence-corrected chi connectivity index (χ1v) is 6.35. The molecule has 0 saturated carbocycles. The molecule has 0 bridgehead atoms. The monoisotopic (exact) mass is 314 g/mol. The molecule has 0 heterocycles. The fraction of sp³-hybridized carbons (Fsp3) is 0.308. The number of carbonyl (C=O) groups excluding carboxylic acids is 2. The van der Waals surface area contributed by atoms with Crippen LogP contribution in [0.15, 0.2) is 24.3 Å². The molecule has 0 fully saturated rings. The van der Waals surface area contributed by atoms with Crippen LogP contribution in [-0.4, -0.2) is 48.2 Å². The number of hydrogen-bond donors (Lipinski definition) is 2. The molecule has 1 aromatic carbocycles. The van der Waals surface area contributed by atoms with Crippen LogP contribution in [-0.2, 0) is 20.9 Å². The van der Waals surface area contributed by atoms with Crippen LogP contribution in [0.3, 0.4) is 0 Å². The Balaban J connectivity index is 2.38. The van der Waals surface area contributed by atoms with Crippen molar-refractivity contribution in [1.82, 2.24) is 10.2 Å². The highest BCUT2D eigenvalue weighted by Crippen LogP contribution is 2.10. The third kappa shape index (κ3) is 6.73. The average molecular weight is 315 g/mol. The number of amides is 3. The van der Waals surface area contributed by atoms with E-state index < -0.39 is 31.1 Å². The molecular formula is C13H15ClN2O5. The summed E-state index contributed by atoms with van der Waals surface area (Å²) in [4.78, 5) is 34.6. The molecule has 0 aliphatic carbocycles. The molecular weight excluding hydrogens is 300 g/mol. The van der Waals surface area contributed by atoms with E-state index in [0.29, 0.717) is 11.6 Å². The molecule has 0 aliphatic rings. The Labute approximate surface area is 126 Å². The van der Waals surface area contributed by atoms with Gasteiger partial charge in [-0.1, -0.05) is 23.7 Å². The molecule has 7 nitrogen and oxygen atoms in total. The lowest BCUT2D eigenvalue weighted by Crippen LogP contribution is -2.42. The number of carboxylic acid groups (broad SMARTS) is 1. The summed E-state index contributed by atoms with van der Waals surface area (Å²) < 4.78 is 4.57. The van der Waals surface area contributed by atoms with E-state index >= 15 is 0 Å². The first-order valence-electron chi connectivity index (χ1n) is 5.97. The smallest absolute Gasteiger partial charge is 0.329 e. The van der Waals surface area contributed by atoms with Crippen LogP contribution in [0.5, 0.6) is 0 Å². The Bertz CT molecular complexity index is 518. The van der Waals surface area contributed by atoms with E-state index in [-0.39, 0.29) is 0 Å². The van der Waals surface area contributed by atoms with Crippen LogP contribution in [0.4, 0.5) is 4.79 Å². The van der Waals surface area contributed by atoms with Crippen molar-refractivity contribution in [3.05, 3.63) is 34.9 Å².